The fourth-order valence-corrected chi connectivity index (χ4v) is 2.18. The number of rotatable bonds is 5. The average Bonchev–Trinajstić information content (AvgIpc) is 2.28. The Morgan fingerprint density at radius 1 is 1.24 bits per heavy atom. The molecule has 1 heterocycles. The molecule has 0 radical (unpaired) electrons. The van der Waals surface area contributed by atoms with Crippen LogP contribution in [0, 0.1) is 5.92 Å². The molecule has 0 aliphatic carbocycles. The molecule has 17 heavy (non-hydrogen) atoms. The van der Waals surface area contributed by atoms with Crippen molar-refractivity contribution < 1.29 is 0 Å². The third kappa shape index (κ3) is 3.51. The second kappa shape index (κ2) is 6.12. The van der Waals surface area contributed by atoms with Gasteiger partial charge in [-0.05, 0) is 38.4 Å². The van der Waals surface area contributed by atoms with Gasteiger partial charge in [0.25, 0.3) is 0 Å². The number of likely N-dealkylation sites (N-methyl/N-ethyl adjacent to an activating group) is 1. The maximum Gasteiger partial charge on any atom is 0.0511 e. The predicted octanol–water partition coefficient (Wildman–Crippen LogP) is 2.45. The molecule has 3 nitrogen and oxygen atoms in total. The summed E-state index contributed by atoms with van der Waals surface area (Å²) in [5.74, 6) is 0.609. The molecule has 0 aliphatic heterocycles. The smallest absolute Gasteiger partial charge is 0.0511 e. The van der Waals surface area contributed by atoms with E-state index in [0.29, 0.717) is 12.0 Å². The molecule has 0 aromatic carbocycles. The van der Waals surface area contributed by atoms with Crippen LogP contribution in [0.3, 0.4) is 0 Å². The summed E-state index contributed by atoms with van der Waals surface area (Å²) >= 11 is 0. The van der Waals surface area contributed by atoms with Crippen molar-refractivity contribution in [2.24, 2.45) is 11.7 Å². The molecule has 96 valence electrons. The van der Waals surface area contributed by atoms with Gasteiger partial charge in [0.15, 0.2) is 0 Å². The van der Waals surface area contributed by atoms with E-state index in [9.17, 15) is 0 Å². The lowest BCUT2D eigenvalue weighted by molar-refractivity contribution is 0.132. The van der Waals surface area contributed by atoms with Crippen LogP contribution in [0.15, 0.2) is 24.5 Å². The van der Waals surface area contributed by atoms with Crippen molar-refractivity contribution in [3.05, 3.63) is 30.1 Å². The summed E-state index contributed by atoms with van der Waals surface area (Å²) in [5, 5.41) is 0. The van der Waals surface area contributed by atoms with E-state index < -0.39 is 0 Å². The van der Waals surface area contributed by atoms with Crippen molar-refractivity contribution in [1.29, 1.82) is 0 Å². The van der Waals surface area contributed by atoms with Crippen molar-refractivity contribution in [2.45, 2.75) is 45.8 Å². The van der Waals surface area contributed by atoms with Crippen LogP contribution >= 0.6 is 0 Å². The monoisotopic (exact) mass is 235 g/mol. The largest absolute Gasteiger partial charge is 0.326 e. The van der Waals surface area contributed by atoms with Gasteiger partial charge in [0, 0.05) is 24.5 Å². The lowest BCUT2D eigenvalue weighted by Crippen LogP contribution is -2.43. The van der Waals surface area contributed by atoms with Crippen molar-refractivity contribution in [3.8, 4) is 0 Å². The van der Waals surface area contributed by atoms with Gasteiger partial charge in [-0.3, -0.25) is 9.88 Å². The van der Waals surface area contributed by atoms with Crippen LogP contribution in [0.2, 0.25) is 0 Å². The first-order chi connectivity index (χ1) is 7.95. The fraction of sp³-hybridized carbons (Fsp3) is 0.643. The number of pyridine rings is 1. The highest BCUT2D eigenvalue weighted by atomic mass is 15.2. The van der Waals surface area contributed by atoms with E-state index in [4.69, 9.17) is 5.73 Å². The summed E-state index contributed by atoms with van der Waals surface area (Å²) in [4.78, 5) is 6.55. The van der Waals surface area contributed by atoms with E-state index in [-0.39, 0.29) is 12.1 Å². The molecule has 0 aliphatic rings. The molecule has 0 amide bonds. The highest BCUT2D eigenvalue weighted by Crippen LogP contribution is 2.25. The minimum absolute atomic E-state index is 0.0883. The number of nitrogens with zero attached hydrogens (tertiary/aromatic N) is 2. The zero-order valence-corrected chi connectivity index (χ0v) is 11.6. The van der Waals surface area contributed by atoms with Gasteiger partial charge in [0.2, 0.25) is 0 Å². The molecular weight excluding hydrogens is 210 g/mol. The van der Waals surface area contributed by atoms with E-state index in [1.807, 2.05) is 12.3 Å². The van der Waals surface area contributed by atoms with Crippen LogP contribution in [-0.2, 0) is 0 Å². The van der Waals surface area contributed by atoms with Crippen molar-refractivity contribution in [1.82, 2.24) is 9.88 Å². The molecule has 1 aromatic heterocycles. The second-order valence-corrected chi connectivity index (χ2v) is 5.24. The Balaban J connectivity index is 2.94. The molecule has 1 rings (SSSR count). The predicted molar refractivity (Wildman–Crippen MR) is 72.7 cm³/mol. The Kier molecular flexibility index (Phi) is 5.09. The SMILES string of the molecule is CC(C)C(C)N(C)C(c1cccnc1)C(C)N. The summed E-state index contributed by atoms with van der Waals surface area (Å²) in [6.07, 6.45) is 3.71. The van der Waals surface area contributed by atoms with Gasteiger partial charge in [-0.25, -0.2) is 0 Å². The number of hydrogen-bond acceptors (Lipinski definition) is 3. The average molecular weight is 235 g/mol. The minimum Gasteiger partial charge on any atom is -0.326 e. The standard InChI is InChI=1S/C14H25N3/c1-10(2)12(4)17(5)14(11(3)15)13-7-6-8-16-9-13/h6-12,14H,15H2,1-5H3. The molecule has 0 bridgehead atoms. The summed E-state index contributed by atoms with van der Waals surface area (Å²) in [5.41, 5.74) is 7.33. The van der Waals surface area contributed by atoms with Gasteiger partial charge in [-0.2, -0.15) is 0 Å². The van der Waals surface area contributed by atoms with E-state index in [1.54, 1.807) is 6.20 Å². The van der Waals surface area contributed by atoms with Crippen molar-refractivity contribution >= 4 is 0 Å². The van der Waals surface area contributed by atoms with E-state index in [0.717, 1.165) is 0 Å². The first-order valence-corrected chi connectivity index (χ1v) is 6.32. The Morgan fingerprint density at radius 3 is 2.29 bits per heavy atom. The molecule has 3 unspecified atom stereocenters. The normalized spacial score (nSPS) is 17.2. The Bertz CT molecular complexity index is 321. The Morgan fingerprint density at radius 2 is 1.88 bits per heavy atom. The molecule has 0 spiro atoms. The van der Waals surface area contributed by atoms with Crippen LogP contribution in [-0.4, -0.2) is 29.0 Å². The topological polar surface area (TPSA) is 42.2 Å². The van der Waals surface area contributed by atoms with Crippen LogP contribution in [0.25, 0.3) is 0 Å². The van der Waals surface area contributed by atoms with Crippen LogP contribution in [0.5, 0.6) is 0 Å². The number of nitrogens with two attached hydrogens (primary N) is 1. The van der Waals surface area contributed by atoms with Crippen LogP contribution in [0.1, 0.15) is 39.3 Å². The molecular formula is C14H25N3. The van der Waals surface area contributed by atoms with Crippen molar-refractivity contribution in [3.63, 3.8) is 0 Å². The van der Waals surface area contributed by atoms with Gasteiger partial charge in [-0.1, -0.05) is 19.9 Å². The van der Waals surface area contributed by atoms with Crippen LogP contribution in [0.4, 0.5) is 0 Å². The summed E-state index contributed by atoms with van der Waals surface area (Å²) in [7, 11) is 2.14. The molecule has 3 heteroatoms. The van der Waals surface area contributed by atoms with Gasteiger partial charge >= 0.3 is 0 Å². The first-order valence-electron chi connectivity index (χ1n) is 6.32. The lowest BCUT2D eigenvalue weighted by atomic mass is 9.96. The second-order valence-electron chi connectivity index (χ2n) is 5.24. The highest BCUT2D eigenvalue weighted by molar-refractivity contribution is 5.16. The zero-order valence-electron chi connectivity index (χ0n) is 11.6. The fourth-order valence-electron chi connectivity index (χ4n) is 2.18. The van der Waals surface area contributed by atoms with E-state index in [1.165, 1.54) is 5.56 Å². The van der Waals surface area contributed by atoms with E-state index in [2.05, 4.69) is 50.7 Å². The zero-order chi connectivity index (χ0) is 13.0. The quantitative estimate of drug-likeness (QED) is 0.852. The Labute approximate surface area is 105 Å². The molecule has 3 atom stereocenters. The van der Waals surface area contributed by atoms with Crippen molar-refractivity contribution in [2.75, 3.05) is 7.05 Å². The van der Waals surface area contributed by atoms with E-state index >= 15 is 0 Å². The number of hydrogen-bond donors (Lipinski definition) is 1. The highest BCUT2D eigenvalue weighted by Gasteiger charge is 2.26. The van der Waals surface area contributed by atoms with Gasteiger partial charge in [0.1, 0.15) is 0 Å². The van der Waals surface area contributed by atoms with Gasteiger partial charge in [0.05, 0.1) is 6.04 Å². The Hall–Kier alpha value is -0.930. The summed E-state index contributed by atoms with van der Waals surface area (Å²) in [6.45, 7) is 8.78. The minimum atomic E-state index is 0.0883. The third-order valence-electron chi connectivity index (χ3n) is 3.57. The van der Waals surface area contributed by atoms with Gasteiger partial charge < -0.3 is 5.73 Å². The molecule has 1 aromatic rings. The summed E-state index contributed by atoms with van der Waals surface area (Å²) in [6, 6.07) is 4.88. The molecule has 0 saturated carbocycles. The molecule has 0 saturated heterocycles. The first kappa shape index (κ1) is 14.1. The van der Waals surface area contributed by atoms with Gasteiger partial charge in [-0.15, -0.1) is 0 Å². The lowest BCUT2D eigenvalue weighted by Gasteiger charge is -2.37. The van der Waals surface area contributed by atoms with Crippen LogP contribution < -0.4 is 5.73 Å². The summed E-state index contributed by atoms with van der Waals surface area (Å²) < 4.78 is 0. The third-order valence-corrected chi connectivity index (χ3v) is 3.57. The maximum atomic E-state index is 6.14. The molecule has 0 fully saturated rings. The number of aromatic nitrogens is 1. The molecule has 2 N–H and O–H groups in total. The maximum absolute atomic E-state index is 6.14.